The molecule has 0 bridgehead atoms. The molecule has 0 aliphatic heterocycles. The highest BCUT2D eigenvalue weighted by atomic mass is 16.5. The molecule has 0 amide bonds. The predicted octanol–water partition coefficient (Wildman–Crippen LogP) is 4.04. The van der Waals surface area contributed by atoms with Crippen molar-refractivity contribution in [3.05, 3.63) is 77.9 Å². The summed E-state index contributed by atoms with van der Waals surface area (Å²) >= 11 is 0. The number of ether oxygens (including phenoxy) is 1. The van der Waals surface area contributed by atoms with Crippen LogP contribution in [0.15, 0.2) is 66.7 Å². The van der Waals surface area contributed by atoms with E-state index in [1.54, 1.807) is 0 Å². The summed E-state index contributed by atoms with van der Waals surface area (Å²) in [5, 5.41) is 11.2. The lowest BCUT2D eigenvalue weighted by atomic mass is 9.84. The van der Waals surface area contributed by atoms with Crippen LogP contribution < -0.4 is 0 Å². The van der Waals surface area contributed by atoms with Gasteiger partial charge in [-0.1, -0.05) is 79.7 Å². The highest BCUT2D eigenvalue weighted by molar-refractivity contribution is 5.81. The SMILES string of the molecule is COC(=O)[C@@]1(O)C[C@H](c2ccccc2)[C@@H](C)[C@@H]1/C=C/c1ccccc1. The van der Waals surface area contributed by atoms with E-state index in [9.17, 15) is 9.90 Å². The lowest BCUT2D eigenvalue weighted by molar-refractivity contribution is -0.165. The normalized spacial score (nSPS) is 29.0. The second-order valence-electron chi connectivity index (χ2n) is 6.79. The van der Waals surface area contributed by atoms with Gasteiger partial charge in [0, 0.05) is 5.92 Å². The summed E-state index contributed by atoms with van der Waals surface area (Å²) in [6.45, 7) is 2.10. The maximum Gasteiger partial charge on any atom is 0.338 e. The topological polar surface area (TPSA) is 46.5 Å². The third-order valence-electron chi connectivity index (χ3n) is 5.35. The molecule has 1 aliphatic carbocycles. The number of hydrogen-bond acceptors (Lipinski definition) is 3. The van der Waals surface area contributed by atoms with Crippen LogP contribution in [0.3, 0.4) is 0 Å². The van der Waals surface area contributed by atoms with Gasteiger partial charge in [0.15, 0.2) is 5.60 Å². The summed E-state index contributed by atoms with van der Waals surface area (Å²) in [4.78, 5) is 12.4. The molecule has 0 spiro atoms. The van der Waals surface area contributed by atoms with Gasteiger partial charge in [0.2, 0.25) is 0 Å². The molecule has 0 aromatic heterocycles. The molecule has 2 aromatic rings. The maximum absolute atomic E-state index is 12.4. The number of esters is 1. The summed E-state index contributed by atoms with van der Waals surface area (Å²) in [6, 6.07) is 20.0. The maximum atomic E-state index is 12.4. The number of benzene rings is 2. The fourth-order valence-corrected chi connectivity index (χ4v) is 3.97. The second kappa shape index (κ2) is 7.24. The Hall–Kier alpha value is -2.39. The lowest BCUT2D eigenvalue weighted by Crippen LogP contribution is -2.43. The van der Waals surface area contributed by atoms with Crippen LogP contribution in [0.1, 0.15) is 30.4 Å². The van der Waals surface area contributed by atoms with E-state index in [1.807, 2.05) is 60.7 Å². The zero-order valence-corrected chi connectivity index (χ0v) is 14.6. The molecule has 0 heterocycles. The average molecular weight is 336 g/mol. The van der Waals surface area contributed by atoms with E-state index in [-0.39, 0.29) is 17.8 Å². The number of aliphatic hydroxyl groups is 1. The smallest absolute Gasteiger partial charge is 0.338 e. The molecule has 3 nitrogen and oxygen atoms in total. The fraction of sp³-hybridized carbons (Fsp3) is 0.318. The number of carbonyl (C=O) groups is 1. The lowest BCUT2D eigenvalue weighted by Gasteiger charge is -2.26. The van der Waals surface area contributed by atoms with E-state index < -0.39 is 11.6 Å². The second-order valence-corrected chi connectivity index (χ2v) is 6.79. The zero-order valence-electron chi connectivity index (χ0n) is 14.6. The van der Waals surface area contributed by atoms with Crippen molar-refractivity contribution in [1.82, 2.24) is 0 Å². The van der Waals surface area contributed by atoms with Crippen molar-refractivity contribution in [2.24, 2.45) is 11.8 Å². The standard InChI is InChI=1S/C22H24O3/c1-16-19(18-11-7-4-8-12-18)15-22(24,21(23)25-2)20(16)14-13-17-9-5-3-6-10-17/h3-14,16,19-20,24H,15H2,1-2H3/b14-13+/t16-,19+,20+,22-/m1/s1. The Balaban J connectivity index is 1.94. The van der Waals surface area contributed by atoms with Crippen molar-refractivity contribution in [2.45, 2.75) is 24.9 Å². The van der Waals surface area contributed by atoms with Crippen molar-refractivity contribution in [3.63, 3.8) is 0 Å². The predicted molar refractivity (Wildman–Crippen MR) is 98.9 cm³/mol. The fourth-order valence-electron chi connectivity index (χ4n) is 3.97. The van der Waals surface area contributed by atoms with Gasteiger partial charge < -0.3 is 9.84 Å². The van der Waals surface area contributed by atoms with Gasteiger partial charge in [-0.3, -0.25) is 0 Å². The molecule has 3 heteroatoms. The van der Waals surface area contributed by atoms with E-state index in [0.717, 1.165) is 11.1 Å². The number of rotatable bonds is 4. The molecule has 4 atom stereocenters. The van der Waals surface area contributed by atoms with Crippen LogP contribution >= 0.6 is 0 Å². The Kier molecular flexibility index (Phi) is 5.05. The van der Waals surface area contributed by atoms with Gasteiger partial charge in [-0.05, 0) is 29.4 Å². The van der Waals surface area contributed by atoms with E-state index >= 15 is 0 Å². The van der Waals surface area contributed by atoms with Crippen molar-refractivity contribution in [1.29, 1.82) is 0 Å². The van der Waals surface area contributed by atoms with Crippen molar-refractivity contribution in [3.8, 4) is 0 Å². The van der Waals surface area contributed by atoms with Gasteiger partial charge >= 0.3 is 5.97 Å². The molecule has 1 aliphatic rings. The van der Waals surface area contributed by atoms with Gasteiger partial charge in [0.1, 0.15) is 0 Å². The van der Waals surface area contributed by atoms with Gasteiger partial charge in [-0.25, -0.2) is 4.79 Å². The van der Waals surface area contributed by atoms with Crippen LogP contribution in [0, 0.1) is 11.8 Å². The molecular formula is C22H24O3. The summed E-state index contributed by atoms with van der Waals surface area (Å²) in [6.07, 6.45) is 4.30. The Labute approximate surface area is 149 Å². The summed E-state index contributed by atoms with van der Waals surface area (Å²) in [7, 11) is 1.33. The number of methoxy groups -OCH3 is 1. The van der Waals surface area contributed by atoms with E-state index in [1.165, 1.54) is 7.11 Å². The van der Waals surface area contributed by atoms with Crippen LogP contribution in [0.4, 0.5) is 0 Å². The Morgan fingerprint density at radius 1 is 1.12 bits per heavy atom. The molecular weight excluding hydrogens is 312 g/mol. The molecule has 0 radical (unpaired) electrons. The van der Waals surface area contributed by atoms with Crippen LogP contribution in [-0.4, -0.2) is 23.8 Å². The Morgan fingerprint density at radius 2 is 1.72 bits per heavy atom. The monoisotopic (exact) mass is 336 g/mol. The summed E-state index contributed by atoms with van der Waals surface area (Å²) in [5.41, 5.74) is 0.693. The molecule has 1 saturated carbocycles. The molecule has 0 unspecified atom stereocenters. The highest BCUT2D eigenvalue weighted by Crippen LogP contribution is 2.50. The van der Waals surface area contributed by atoms with E-state index in [4.69, 9.17) is 4.74 Å². The molecule has 2 aromatic carbocycles. The molecule has 1 fully saturated rings. The molecule has 130 valence electrons. The van der Waals surface area contributed by atoms with Crippen LogP contribution in [-0.2, 0) is 9.53 Å². The highest BCUT2D eigenvalue weighted by Gasteiger charge is 2.55. The minimum absolute atomic E-state index is 0.107. The van der Waals surface area contributed by atoms with E-state index in [2.05, 4.69) is 19.1 Å². The average Bonchev–Trinajstić information content (AvgIpc) is 2.92. The van der Waals surface area contributed by atoms with Crippen molar-refractivity contribution in [2.75, 3.05) is 7.11 Å². The quantitative estimate of drug-likeness (QED) is 0.857. The molecule has 25 heavy (non-hydrogen) atoms. The van der Waals surface area contributed by atoms with Gasteiger partial charge in [-0.2, -0.15) is 0 Å². The minimum atomic E-state index is -1.50. The van der Waals surface area contributed by atoms with Crippen LogP contribution in [0.2, 0.25) is 0 Å². The Bertz CT molecular complexity index is 738. The van der Waals surface area contributed by atoms with Gasteiger partial charge in [0.25, 0.3) is 0 Å². The first-order chi connectivity index (χ1) is 12.1. The first-order valence-corrected chi connectivity index (χ1v) is 8.65. The van der Waals surface area contributed by atoms with Crippen molar-refractivity contribution < 1.29 is 14.6 Å². The van der Waals surface area contributed by atoms with Crippen molar-refractivity contribution >= 4 is 12.0 Å². The molecule has 0 saturated heterocycles. The van der Waals surface area contributed by atoms with Gasteiger partial charge in [0.05, 0.1) is 7.11 Å². The summed E-state index contributed by atoms with van der Waals surface area (Å²) in [5.74, 6) is -0.631. The summed E-state index contributed by atoms with van der Waals surface area (Å²) < 4.78 is 4.93. The first-order valence-electron chi connectivity index (χ1n) is 8.65. The molecule has 1 N–H and O–H groups in total. The Morgan fingerprint density at radius 3 is 2.32 bits per heavy atom. The first kappa shape index (κ1) is 17.4. The molecule has 3 rings (SSSR count). The third kappa shape index (κ3) is 3.38. The van der Waals surface area contributed by atoms with E-state index in [0.29, 0.717) is 6.42 Å². The minimum Gasteiger partial charge on any atom is -0.467 e. The van der Waals surface area contributed by atoms with Crippen LogP contribution in [0.25, 0.3) is 6.08 Å². The third-order valence-corrected chi connectivity index (χ3v) is 5.35. The number of hydrogen-bond donors (Lipinski definition) is 1. The largest absolute Gasteiger partial charge is 0.467 e. The number of carbonyl (C=O) groups excluding carboxylic acids is 1. The van der Waals surface area contributed by atoms with Gasteiger partial charge in [-0.15, -0.1) is 0 Å². The zero-order chi connectivity index (χ0) is 17.9. The van der Waals surface area contributed by atoms with Crippen LogP contribution in [0.5, 0.6) is 0 Å².